The van der Waals surface area contributed by atoms with E-state index in [1.54, 1.807) is 18.2 Å². The van der Waals surface area contributed by atoms with Crippen LogP contribution in [0.5, 0.6) is 0 Å². The van der Waals surface area contributed by atoms with E-state index in [1.807, 2.05) is 13.0 Å². The molecule has 1 aromatic carbocycles. The molecule has 0 radical (unpaired) electrons. The molecular weight excluding hydrogens is 566 g/mol. The van der Waals surface area contributed by atoms with Crippen molar-refractivity contribution in [2.45, 2.75) is 95.8 Å². The number of carboxylic acids is 1. The zero-order chi connectivity index (χ0) is 31.9. The van der Waals surface area contributed by atoms with Crippen molar-refractivity contribution < 1.29 is 44.0 Å². The summed E-state index contributed by atoms with van der Waals surface area (Å²) in [5, 5.41) is 34.0. The van der Waals surface area contributed by atoms with Gasteiger partial charge in [0.15, 0.2) is 18.4 Å². The number of aliphatic hydroxyl groups is 2. The maximum atomic E-state index is 13.4. The monoisotopic (exact) mass is 609 g/mol. The second kappa shape index (κ2) is 12.2. The van der Waals surface area contributed by atoms with E-state index in [9.17, 15) is 39.3 Å². The standard InChI is InChI=1S/C34H43NO9/c1-32-15-12-22(36)18-21(32)8-9-23-24(32)13-16-33(2)25(23)14-17-34(33,43)26(37)19-44-28(39)11-10-27(38)35-29(31(41)42)30(40)20-6-4-3-5-7-20/h3-7,18,23-25,29-30,40,43H,8-17,19H2,1-2H3,(H,35,38)(H,41,42)/t23-,24+,25-,29-,30-,32-,33-,34-/m0/s1. The summed E-state index contributed by atoms with van der Waals surface area (Å²) in [4.78, 5) is 62.1. The van der Waals surface area contributed by atoms with E-state index in [2.05, 4.69) is 12.2 Å². The van der Waals surface area contributed by atoms with Gasteiger partial charge in [-0.05, 0) is 79.8 Å². The van der Waals surface area contributed by atoms with Crippen LogP contribution in [-0.2, 0) is 28.7 Å². The molecule has 8 atom stereocenters. The van der Waals surface area contributed by atoms with Crippen LogP contribution in [-0.4, -0.2) is 63.0 Å². The van der Waals surface area contributed by atoms with E-state index in [0.717, 1.165) is 25.7 Å². The number of hydrogen-bond acceptors (Lipinski definition) is 8. The molecule has 4 aliphatic rings. The average Bonchev–Trinajstić information content (AvgIpc) is 3.29. The average molecular weight is 610 g/mol. The number of carboxylic acid groups (broad SMARTS) is 1. The van der Waals surface area contributed by atoms with Crippen LogP contribution in [0.1, 0.15) is 89.7 Å². The zero-order valence-electron chi connectivity index (χ0n) is 25.4. The Hall–Kier alpha value is -3.37. The van der Waals surface area contributed by atoms with Crippen molar-refractivity contribution in [2.75, 3.05) is 6.61 Å². The SMILES string of the molecule is C[C@]12CCC(=O)C=C1CC[C@H]1[C@H]2CC[C@@]2(C)[C@H]1CC[C@]2(O)C(=O)COC(=O)CCC(=O)N[C@H](C(=O)O)[C@@H](O)c1ccccc1. The van der Waals surface area contributed by atoms with Crippen LogP contribution in [0.4, 0.5) is 0 Å². The Kier molecular flexibility index (Phi) is 8.88. The number of Topliss-reactive ketones (excluding diaryl/α,β-unsaturated/α-hetero) is 1. The van der Waals surface area contributed by atoms with Crippen molar-refractivity contribution in [3.8, 4) is 0 Å². The molecule has 1 amide bonds. The summed E-state index contributed by atoms with van der Waals surface area (Å²) in [6.45, 7) is 3.67. The van der Waals surface area contributed by atoms with E-state index in [0.29, 0.717) is 43.1 Å². The van der Waals surface area contributed by atoms with Crippen LogP contribution in [0.2, 0.25) is 0 Å². The van der Waals surface area contributed by atoms with Crippen LogP contribution >= 0.6 is 0 Å². The third kappa shape index (κ3) is 5.62. The van der Waals surface area contributed by atoms with Crippen molar-refractivity contribution in [1.29, 1.82) is 0 Å². The van der Waals surface area contributed by atoms with Crippen molar-refractivity contribution >= 4 is 29.4 Å². The Morgan fingerprint density at radius 2 is 1.68 bits per heavy atom. The Morgan fingerprint density at radius 3 is 2.39 bits per heavy atom. The van der Waals surface area contributed by atoms with Crippen molar-refractivity contribution in [2.24, 2.45) is 28.6 Å². The summed E-state index contributed by atoms with van der Waals surface area (Å²) in [5.74, 6) is -2.44. The molecule has 1 aromatic rings. The topological polar surface area (TPSA) is 167 Å². The van der Waals surface area contributed by atoms with Gasteiger partial charge in [0.05, 0.1) is 6.42 Å². The zero-order valence-corrected chi connectivity index (χ0v) is 25.4. The summed E-state index contributed by atoms with van der Waals surface area (Å²) in [6.07, 6.45) is 5.34. The summed E-state index contributed by atoms with van der Waals surface area (Å²) in [5.41, 5.74) is -0.714. The number of hydrogen-bond donors (Lipinski definition) is 4. The van der Waals surface area contributed by atoms with E-state index < -0.39 is 66.2 Å². The number of nitrogens with one attached hydrogen (secondary N) is 1. The highest BCUT2D eigenvalue weighted by atomic mass is 16.5. The van der Waals surface area contributed by atoms with Crippen LogP contribution in [0.15, 0.2) is 42.0 Å². The molecule has 238 valence electrons. The fourth-order valence-corrected chi connectivity index (χ4v) is 8.95. The summed E-state index contributed by atoms with van der Waals surface area (Å²) in [6, 6.07) is 6.44. The number of aliphatic hydroxyl groups excluding tert-OH is 1. The van der Waals surface area contributed by atoms with Gasteiger partial charge in [0.2, 0.25) is 11.7 Å². The molecule has 4 aliphatic carbocycles. The molecule has 10 nitrogen and oxygen atoms in total. The molecule has 0 aliphatic heterocycles. The maximum Gasteiger partial charge on any atom is 0.329 e. The molecule has 0 bridgehead atoms. The number of carbonyl (C=O) groups is 5. The number of carbonyl (C=O) groups excluding carboxylic acids is 4. The minimum absolute atomic E-state index is 0.0190. The van der Waals surface area contributed by atoms with Gasteiger partial charge in [-0.2, -0.15) is 0 Å². The number of benzene rings is 1. The first kappa shape index (κ1) is 32.0. The molecule has 5 rings (SSSR count). The van der Waals surface area contributed by atoms with Gasteiger partial charge in [0.1, 0.15) is 11.7 Å². The fourth-order valence-electron chi connectivity index (χ4n) is 8.95. The first-order valence-electron chi connectivity index (χ1n) is 15.7. The molecule has 3 saturated carbocycles. The third-order valence-corrected chi connectivity index (χ3v) is 11.5. The largest absolute Gasteiger partial charge is 0.480 e. The van der Waals surface area contributed by atoms with Crippen molar-refractivity contribution in [3.63, 3.8) is 0 Å². The summed E-state index contributed by atoms with van der Waals surface area (Å²) < 4.78 is 5.20. The Balaban J connectivity index is 1.14. The molecule has 0 heterocycles. The smallest absolute Gasteiger partial charge is 0.329 e. The van der Waals surface area contributed by atoms with Gasteiger partial charge in [-0.15, -0.1) is 0 Å². The first-order valence-corrected chi connectivity index (χ1v) is 15.7. The fraction of sp³-hybridized carbons (Fsp3) is 0.618. The summed E-state index contributed by atoms with van der Waals surface area (Å²) >= 11 is 0. The number of esters is 1. The summed E-state index contributed by atoms with van der Waals surface area (Å²) in [7, 11) is 0. The molecule has 0 spiro atoms. The second-order valence-corrected chi connectivity index (χ2v) is 13.6. The van der Waals surface area contributed by atoms with Crippen LogP contribution in [0, 0.1) is 28.6 Å². The van der Waals surface area contributed by atoms with E-state index in [-0.39, 0.29) is 17.1 Å². The lowest BCUT2D eigenvalue weighted by Gasteiger charge is -2.58. The van der Waals surface area contributed by atoms with Gasteiger partial charge in [0.25, 0.3) is 0 Å². The van der Waals surface area contributed by atoms with Gasteiger partial charge in [-0.25, -0.2) is 4.79 Å². The molecule has 0 aromatic heterocycles. The predicted molar refractivity (Wildman–Crippen MR) is 158 cm³/mol. The van der Waals surface area contributed by atoms with Gasteiger partial charge in [0, 0.05) is 18.3 Å². The number of ether oxygens (including phenoxy) is 1. The molecule has 0 saturated heterocycles. The number of fused-ring (bicyclic) bond motifs is 5. The maximum absolute atomic E-state index is 13.4. The van der Waals surface area contributed by atoms with Gasteiger partial charge in [-0.1, -0.05) is 49.8 Å². The predicted octanol–water partition coefficient (Wildman–Crippen LogP) is 3.44. The van der Waals surface area contributed by atoms with Crippen molar-refractivity contribution in [1.82, 2.24) is 5.32 Å². The van der Waals surface area contributed by atoms with E-state index >= 15 is 0 Å². The molecular formula is C34H43NO9. The highest BCUT2D eigenvalue weighted by Crippen LogP contribution is 2.67. The minimum atomic E-state index is -1.62. The highest BCUT2D eigenvalue weighted by Gasteiger charge is 2.66. The van der Waals surface area contributed by atoms with Gasteiger partial charge < -0.3 is 25.4 Å². The molecule has 3 fully saturated rings. The van der Waals surface area contributed by atoms with E-state index in [4.69, 9.17) is 4.74 Å². The number of aliphatic carboxylic acids is 1. The normalized spacial score (nSPS) is 34.0. The number of rotatable bonds is 10. The Bertz CT molecular complexity index is 1360. The highest BCUT2D eigenvalue weighted by molar-refractivity contribution is 5.92. The number of ketones is 2. The van der Waals surface area contributed by atoms with Gasteiger partial charge >= 0.3 is 11.9 Å². The molecule has 10 heteroatoms. The number of amides is 1. The third-order valence-electron chi connectivity index (χ3n) is 11.5. The Labute approximate surface area is 257 Å². The van der Waals surface area contributed by atoms with Crippen LogP contribution < -0.4 is 5.32 Å². The quantitative estimate of drug-likeness (QED) is 0.291. The lowest BCUT2D eigenvalue weighted by Crippen LogP contribution is -2.58. The van der Waals surface area contributed by atoms with E-state index in [1.165, 1.54) is 17.7 Å². The first-order chi connectivity index (χ1) is 20.8. The molecule has 44 heavy (non-hydrogen) atoms. The number of allylic oxidation sites excluding steroid dienone is 1. The molecule has 4 N–H and O–H groups in total. The lowest BCUT2D eigenvalue weighted by molar-refractivity contribution is -0.170. The Morgan fingerprint density at radius 1 is 0.977 bits per heavy atom. The van der Waals surface area contributed by atoms with Gasteiger partial charge in [-0.3, -0.25) is 19.2 Å². The lowest BCUT2D eigenvalue weighted by atomic mass is 9.46. The second-order valence-electron chi connectivity index (χ2n) is 13.6. The van der Waals surface area contributed by atoms with Crippen LogP contribution in [0.3, 0.4) is 0 Å². The minimum Gasteiger partial charge on any atom is -0.480 e. The molecule has 0 unspecified atom stereocenters. The van der Waals surface area contributed by atoms with Crippen molar-refractivity contribution in [3.05, 3.63) is 47.5 Å². The van der Waals surface area contributed by atoms with Crippen LogP contribution in [0.25, 0.3) is 0 Å².